The summed E-state index contributed by atoms with van der Waals surface area (Å²) in [5, 5.41) is 3.10. The van der Waals surface area contributed by atoms with E-state index in [9.17, 15) is 8.78 Å². The number of likely N-dealkylation sites (N-methyl/N-ethyl adjacent to an activating group) is 1. The molecule has 0 amide bonds. The zero-order valence-electron chi connectivity index (χ0n) is 10.5. The fourth-order valence-corrected chi connectivity index (χ4v) is 2.38. The van der Waals surface area contributed by atoms with Crippen molar-refractivity contribution in [2.24, 2.45) is 0 Å². The highest BCUT2D eigenvalue weighted by Crippen LogP contribution is 2.21. The van der Waals surface area contributed by atoms with Gasteiger partial charge in [0.25, 0.3) is 0 Å². The quantitative estimate of drug-likeness (QED) is 0.797. The van der Waals surface area contributed by atoms with Crippen molar-refractivity contribution in [2.45, 2.75) is 12.5 Å². The van der Waals surface area contributed by atoms with E-state index in [4.69, 9.17) is 0 Å². The lowest BCUT2D eigenvalue weighted by Crippen LogP contribution is -2.19. The third kappa shape index (κ3) is 3.98. The first-order valence-electron chi connectivity index (χ1n) is 5.96. The lowest BCUT2D eigenvalue weighted by molar-refractivity contribution is 0.551. The van der Waals surface area contributed by atoms with Crippen molar-refractivity contribution in [1.82, 2.24) is 5.32 Å². The third-order valence-corrected chi connectivity index (χ3v) is 3.71. The van der Waals surface area contributed by atoms with Crippen LogP contribution in [0.15, 0.2) is 42.5 Å². The maximum Gasteiger partial charge on any atom is 0.126 e. The molecule has 0 saturated heterocycles. The molecule has 0 fully saturated rings. The molecule has 0 saturated carbocycles. The highest BCUT2D eigenvalue weighted by Gasteiger charge is 2.12. The minimum absolute atomic E-state index is 0.106. The van der Waals surface area contributed by atoms with Gasteiger partial charge in [0.05, 0.1) is 0 Å². The number of hydrogen-bond donors (Lipinski definition) is 1. The zero-order chi connectivity index (χ0) is 13.8. The topological polar surface area (TPSA) is 12.0 Å². The maximum atomic E-state index is 13.2. The Balaban J connectivity index is 2.22. The second-order valence-corrected chi connectivity index (χ2v) is 5.62. The van der Waals surface area contributed by atoms with Gasteiger partial charge < -0.3 is 5.32 Å². The fraction of sp³-hybridized carbons (Fsp3) is 0.200. The van der Waals surface area contributed by atoms with Gasteiger partial charge >= 0.3 is 0 Å². The lowest BCUT2D eigenvalue weighted by atomic mass is 9.99. The van der Waals surface area contributed by atoms with Crippen molar-refractivity contribution in [2.75, 3.05) is 7.05 Å². The molecular weight excluding hydrogens is 359 g/mol. The number of hydrogen-bond acceptors (Lipinski definition) is 1. The Morgan fingerprint density at radius 2 is 1.63 bits per heavy atom. The molecule has 1 atom stereocenters. The van der Waals surface area contributed by atoms with E-state index in [-0.39, 0.29) is 6.04 Å². The van der Waals surface area contributed by atoms with Gasteiger partial charge in [-0.25, -0.2) is 8.78 Å². The van der Waals surface area contributed by atoms with Crippen LogP contribution in [0.25, 0.3) is 0 Å². The van der Waals surface area contributed by atoms with E-state index in [0.29, 0.717) is 12.0 Å². The summed E-state index contributed by atoms with van der Waals surface area (Å²) < 4.78 is 27.7. The first-order valence-corrected chi connectivity index (χ1v) is 7.04. The summed E-state index contributed by atoms with van der Waals surface area (Å²) in [6, 6.07) is 11.6. The lowest BCUT2D eigenvalue weighted by Gasteiger charge is -2.17. The highest BCUT2D eigenvalue weighted by molar-refractivity contribution is 14.1. The maximum absolute atomic E-state index is 13.2. The average Bonchev–Trinajstić information content (AvgIpc) is 2.37. The number of rotatable bonds is 4. The van der Waals surface area contributed by atoms with E-state index >= 15 is 0 Å². The second kappa shape index (κ2) is 6.43. The predicted octanol–water partition coefficient (Wildman–Crippen LogP) is 4.07. The van der Waals surface area contributed by atoms with Crippen molar-refractivity contribution in [3.63, 3.8) is 0 Å². The normalized spacial score (nSPS) is 12.4. The van der Waals surface area contributed by atoms with E-state index in [1.807, 2.05) is 24.3 Å². The molecule has 19 heavy (non-hydrogen) atoms. The number of halogens is 3. The fourth-order valence-electron chi connectivity index (χ4n) is 2.02. The van der Waals surface area contributed by atoms with Crippen molar-refractivity contribution in [3.05, 3.63) is 68.8 Å². The van der Waals surface area contributed by atoms with Gasteiger partial charge in [-0.05, 0) is 71.5 Å². The summed E-state index contributed by atoms with van der Waals surface area (Å²) in [4.78, 5) is 0. The van der Waals surface area contributed by atoms with Crippen LogP contribution in [-0.4, -0.2) is 7.05 Å². The standard InChI is InChI=1S/C15H14F2IN/c1-19-15(6-10-2-4-14(18)5-3-10)11-7-12(16)9-13(17)8-11/h2-5,7-9,15,19H,6H2,1H3. The van der Waals surface area contributed by atoms with Crippen molar-refractivity contribution in [3.8, 4) is 0 Å². The Morgan fingerprint density at radius 3 is 2.16 bits per heavy atom. The van der Waals surface area contributed by atoms with Crippen LogP contribution in [0, 0.1) is 15.2 Å². The molecule has 4 heteroatoms. The van der Waals surface area contributed by atoms with Crippen LogP contribution < -0.4 is 5.32 Å². The van der Waals surface area contributed by atoms with Crippen LogP contribution in [-0.2, 0) is 6.42 Å². The molecule has 1 N–H and O–H groups in total. The van der Waals surface area contributed by atoms with Crippen LogP contribution in [0.1, 0.15) is 17.2 Å². The summed E-state index contributed by atoms with van der Waals surface area (Å²) in [5.41, 5.74) is 1.75. The Labute approximate surface area is 125 Å². The molecule has 0 aliphatic rings. The van der Waals surface area contributed by atoms with Crippen molar-refractivity contribution >= 4 is 22.6 Å². The first-order chi connectivity index (χ1) is 9.08. The summed E-state index contributed by atoms with van der Waals surface area (Å²) in [6.45, 7) is 0. The van der Waals surface area contributed by atoms with Crippen LogP contribution >= 0.6 is 22.6 Å². The molecule has 0 heterocycles. The van der Waals surface area contributed by atoms with Gasteiger partial charge in [-0.3, -0.25) is 0 Å². The van der Waals surface area contributed by atoms with Gasteiger partial charge in [0, 0.05) is 15.7 Å². The second-order valence-electron chi connectivity index (χ2n) is 4.37. The molecule has 0 radical (unpaired) electrons. The summed E-state index contributed by atoms with van der Waals surface area (Å²) >= 11 is 2.24. The average molecular weight is 373 g/mol. The van der Waals surface area contributed by atoms with E-state index < -0.39 is 11.6 Å². The molecule has 0 spiro atoms. The minimum Gasteiger partial charge on any atom is -0.313 e. The molecule has 0 bridgehead atoms. The van der Waals surface area contributed by atoms with Gasteiger partial charge in [0.1, 0.15) is 11.6 Å². The highest BCUT2D eigenvalue weighted by atomic mass is 127. The Kier molecular flexibility index (Phi) is 4.87. The molecule has 1 nitrogen and oxygen atoms in total. The van der Waals surface area contributed by atoms with Crippen LogP contribution in [0.4, 0.5) is 8.78 Å². The molecule has 2 aromatic rings. The smallest absolute Gasteiger partial charge is 0.126 e. The molecule has 0 aliphatic heterocycles. The van der Waals surface area contributed by atoms with Gasteiger partial charge in [-0.1, -0.05) is 12.1 Å². The SMILES string of the molecule is CNC(Cc1ccc(I)cc1)c1cc(F)cc(F)c1. The van der Waals surface area contributed by atoms with Gasteiger partial charge in [-0.15, -0.1) is 0 Å². The van der Waals surface area contributed by atoms with Crippen LogP contribution in [0.3, 0.4) is 0 Å². The summed E-state index contributed by atoms with van der Waals surface area (Å²) in [7, 11) is 1.79. The molecule has 0 aromatic heterocycles. The molecule has 2 aromatic carbocycles. The van der Waals surface area contributed by atoms with Crippen molar-refractivity contribution < 1.29 is 8.78 Å². The van der Waals surface area contributed by atoms with E-state index in [2.05, 4.69) is 27.9 Å². The Hall–Kier alpha value is -1.01. The molecular formula is C15H14F2IN. The van der Waals surface area contributed by atoms with Crippen molar-refractivity contribution in [1.29, 1.82) is 0 Å². The molecule has 1 unspecified atom stereocenters. The van der Waals surface area contributed by atoms with Gasteiger partial charge in [-0.2, -0.15) is 0 Å². The predicted molar refractivity (Wildman–Crippen MR) is 81.0 cm³/mol. The summed E-state index contributed by atoms with van der Waals surface area (Å²) in [6.07, 6.45) is 0.691. The van der Waals surface area contributed by atoms with Gasteiger partial charge in [0.2, 0.25) is 0 Å². The zero-order valence-corrected chi connectivity index (χ0v) is 12.6. The van der Waals surface area contributed by atoms with E-state index in [1.54, 1.807) is 7.05 Å². The summed E-state index contributed by atoms with van der Waals surface area (Å²) in [5.74, 6) is -1.09. The number of benzene rings is 2. The Bertz CT molecular complexity index is 534. The van der Waals surface area contributed by atoms with E-state index in [1.165, 1.54) is 15.7 Å². The van der Waals surface area contributed by atoms with Crippen LogP contribution in [0.2, 0.25) is 0 Å². The minimum atomic E-state index is -0.544. The monoisotopic (exact) mass is 373 g/mol. The van der Waals surface area contributed by atoms with Crippen LogP contribution in [0.5, 0.6) is 0 Å². The largest absolute Gasteiger partial charge is 0.313 e. The van der Waals surface area contributed by atoms with E-state index in [0.717, 1.165) is 11.6 Å². The number of nitrogens with one attached hydrogen (secondary N) is 1. The molecule has 100 valence electrons. The molecule has 2 rings (SSSR count). The Morgan fingerprint density at radius 1 is 1.05 bits per heavy atom. The third-order valence-electron chi connectivity index (χ3n) is 2.99. The first kappa shape index (κ1) is 14.4. The molecule has 0 aliphatic carbocycles. The van der Waals surface area contributed by atoms with Gasteiger partial charge in [0.15, 0.2) is 0 Å².